The van der Waals surface area contributed by atoms with Crippen LogP contribution in [0.3, 0.4) is 0 Å². The van der Waals surface area contributed by atoms with Gasteiger partial charge in [0.05, 0.1) is 13.2 Å². The van der Waals surface area contributed by atoms with Gasteiger partial charge in [-0.2, -0.15) is 0 Å². The molecule has 0 saturated heterocycles. The lowest BCUT2D eigenvalue weighted by Gasteiger charge is -2.28. The summed E-state index contributed by atoms with van der Waals surface area (Å²) < 4.78 is 39.7. The van der Waals surface area contributed by atoms with E-state index in [0.717, 1.165) is 31.1 Å². The molecular formula is C36H66N2O10Si2. The molecule has 50 heavy (non-hydrogen) atoms. The Labute approximate surface area is 303 Å². The van der Waals surface area contributed by atoms with Crippen LogP contribution in [0.15, 0.2) is 29.3 Å². The van der Waals surface area contributed by atoms with Gasteiger partial charge in [0.2, 0.25) is 6.08 Å². The van der Waals surface area contributed by atoms with Crippen molar-refractivity contribution in [2.24, 2.45) is 40.5 Å². The number of fused-ring (bicyclic) bond motifs is 4. The Bertz CT molecular complexity index is 1010. The zero-order valence-corrected chi connectivity index (χ0v) is 33.6. The predicted molar refractivity (Wildman–Crippen MR) is 197 cm³/mol. The molecule has 0 aromatic rings. The van der Waals surface area contributed by atoms with Crippen molar-refractivity contribution in [2.75, 3.05) is 65.9 Å². The highest BCUT2D eigenvalue weighted by molar-refractivity contribution is 6.61. The molecule has 4 aliphatic carbocycles. The third-order valence-corrected chi connectivity index (χ3v) is 15.7. The number of aliphatic hydroxyl groups excluding tert-OH is 1. The van der Waals surface area contributed by atoms with Gasteiger partial charge in [-0.3, -0.25) is 0 Å². The maximum absolute atomic E-state index is 11.9. The molecule has 2 fully saturated rings. The second-order valence-electron chi connectivity index (χ2n) is 12.9. The first-order chi connectivity index (χ1) is 24.3. The molecule has 2 N–H and O–H groups in total. The van der Waals surface area contributed by atoms with Gasteiger partial charge < -0.3 is 41.7 Å². The first kappa shape index (κ1) is 44.4. The van der Waals surface area contributed by atoms with Gasteiger partial charge in [-0.25, -0.2) is 14.6 Å². The van der Waals surface area contributed by atoms with Crippen LogP contribution >= 0.6 is 0 Å². The Hall–Kier alpha value is -1.72. The summed E-state index contributed by atoms with van der Waals surface area (Å²) in [4.78, 5) is 25.3. The standard InChI is InChI=1S/C18H33NO5Si.C10H21NO4Si.C8H12O/c1-4-22-25(23-5-2,24-6-3)11-7-10-19-18(20)21-14-17-13-15-8-9-16(17)12-15;1-4-13-16(14-5-2,15-6-3)9-7-8-11-10-12;9-5-8-4-6-1-2-7(8)3-6/h8-9,15-17H,4-7,10-14H2,1-3H3,(H,19,20);4-9H2,1-3H3;1-2,6-9H,3-5H2. The number of ether oxygens (including phenoxy) is 1. The number of isocyanates is 1. The maximum Gasteiger partial charge on any atom is 0.500 e. The number of rotatable bonds is 23. The molecule has 288 valence electrons. The minimum Gasteiger partial charge on any atom is -0.449 e. The molecular weight excluding hydrogens is 677 g/mol. The van der Waals surface area contributed by atoms with Crippen LogP contribution in [0.4, 0.5) is 4.79 Å². The van der Waals surface area contributed by atoms with Crippen molar-refractivity contribution in [2.45, 2.75) is 92.2 Å². The largest absolute Gasteiger partial charge is 0.500 e. The van der Waals surface area contributed by atoms with Crippen molar-refractivity contribution >= 4 is 29.8 Å². The van der Waals surface area contributed by atoms with E-state index >= 15 is 0 Å². The molecule has 4 rings (SSSR count). The van der Waals surface area contributed by atoms with Crippen LogP contribution in [-0.4, -0.2) is 101 Å². The summed E-state index contributed by atoms with van der Waals surface area (Å²) in [7, 11) is -5.15. The van der Waals surface area contributed by atoms with E-state index < -0.39 is 17.6 Å². The number of nitrogens with zero attached hydrogens (tertiary/aromatic N) is 1. The fourth-order valence-corrected chi connectivity index (χ4v) is 12.5. The quantitative estimate of drug-likeness (QED) is 0.0402. The van der Waals surface area contributed by atoms with Crippen molar-refractivity contribution in [1.29, 1.82) is 0 Å². The van der Waals surface area contributed by atoms with Crippen LogP contribution in [0.25, 0.3) is 0 Å². The minimum absolute atomic E-state index is 0.330. The summed E-state index contributed by atoms with van der Waals surface area (Å²) >= 11 is 0. The van der Waals surface area contributed by atoms with Gasteiger partial charge in [-0.1, -0.05) is 24.3 Å². The van der Waals surface area contributed by atoms with E-state index in [0.29, 0.717) is 102 Å². The van der Waals surface area contributed by atoms with Crippen molar-refractivity contribution < 1.29 is 46.0 Å². The molecule has 0 spiro atoms. The predicted octanol–water partition coefficient (Wildman–Crippen LogP) is 6.31. The molecule has 12 nitrogen and oxygen atoms in total. The second-order valence-corrected chi connectivity index (χ2v) is 18.4. The van der Waals surface area contributed by atoms with Crippen molar-refractivity contribution in [3.05, 3.63) is 24.3 Å². The third-order valence-electron chi connectivity index (χ3n) is 9.43. The number of carbonyl (C=O) groups is 1. The minimum atomic E-state index is -2.62. The number of carbonyl (C=O) groups excluding carboxylic acids is 2. The Morgan fingerprint density at radius 3 is 1.54 bits per heavy atom. The van der Waals surface area contributed by atoms with Crippen molar-refractivity contribution in [3.63, 3.8) is 0 Å². The van der Waals surface area contributed by atoms with Crippen LogP contribution in [0, 0.1) is 35.5 Å². The Kier molecular flexibility index (Phi) is 22.5. The monoisotopic (exact) mass is 742 g/mol. The van der Waals surface area contributed by atoms with Crippen LogP contribution in [0.2, 0.25) is 12.1 Å². The molecule has 6 atom stereocenters. The topological polar surface area (TPSA) is 143 Å². The number of nitrogens with one attached hydrogen (secondary N) is 1. The molecule has 0 radical (unpaired) electrons. The van der Waals surface area contributed by atoms with E-state index in [-0.39, 0.29) is 6.09 Å². The molecule has 1 amide bonds. The molecule has 0 aromatic carbocycles. The average Bonchev–Trinajstić information content (AvgIpc) is 3.93. The fraction of sp³-hybridized carbons (Fsp3) is 0.833. The van der Waals surface area contributed by atoms with Crippen LogP contribution in [0.5, 0.6) is 0 Å². The fourth-order valence-electron chi connectivity index (χ4n) is 7.34. The first-order valence-electron chi connectivity index (χ1n) is 19.0. The lowest BCUT2D eigenvalue weighted by molar-refractivity contribution is 0.0700. The first-order valence-corrected chi connectivity index (χ1v) is 22.9. The normalized spacial score (nSPS) is 24.3. The highest BCUT2D eigenvalue weighted by Gasteiger charge is 2.41. The SMILES string of the molecule is CCO[Si](CCCN=C=O)(OCC)OCC.CCO[Si](CCCNC(=O)OCC1CC2C=CC1C2)(OCC)OCC.OCC1CC2C=CC1C2. The zero-order valence-electron chi connectivity index (χ0n) is 31.6. The molecule has 0 aromatic heterocycles. The van der Waals surface area contributed by atoms with Gasteiger partial charge in [0.25, 0.3) is 0 Å². The third kappa shape index (κ3) is 15.5. The van der Waals surface area contributed by atoms with Crippen LogP contribution < -0.4 is 5.32 Å². The molecule has 6 unspecified atom stereocenters. The smallest absolute Gasteiger partial charge is 0.449 e. The number of aliphatic hydroxyl groups is 1. The highest BCUT2D eigenvalue weighted by atomic mass is 28.4. The number of amides is 1. The van der Waals surface area contributed by atoms with Crippen molar-refractivity contribution in [1.82, 2.24) is 5.32 Å². The highest BCUT2D eigenvalue weighted by Crippen LogP contribution is 2.44. The summed E-state index contributed by atoms with van der Waals surface area (Å²) in [6.45, 7) is 16.9. The number of allylic oxidation sites excluding steroid dienone is 4. The second kappa shape index (κ2) is 25.3. The Morgan fingerprint density at radius 1 is 0.720 bits per heavy atom. The van der Waals surface area contributed by atoms with Gasteiger partial charge >= 0.3 is 23.7 Å². The average molecular weight is 743 g/mol. The van der Waals surface area contributed by atoms with E-state index in [1.807, 2.05) is 41.5 Å². The van der Waals surface area contributed by atoms with E-state index in [1.165, 1.54) is 25.3 Å². The molecule has 0 aliphatic heterocycles. The maximum atomic E-state index is 11.9. The lowest BCUT2D eigenvalue weighted by atomic mass is 9.95. The molecule has 4 bridgehead atoms. The van der Waals surface area contributed by atoms with E-state index in [1.54, 1.807) is 0 Å². The van der Waals surface area contributed by atoms with E-state index in [4.69, 9.17) is 36.4 Å². The lowest BCUT2D eigenvalue weighted by Crippen LogP contribution is -2.46. The van der Waals surface area contributed by atoms with Gasteiger partial charge in [-0.15, -0.1) is 0 Å². The van der Waals surface area contributed by atoms with E-state index in [2.05, 4.69) is 34.6 Å². The van der Waals surface area contributed by atoms with Gasteiger partial charge in [0, 0.05) is 70.8 Å². The summed E-state index contributed by atoms with van der Waals surface area (Å²) in [5, 5.41) is 11.7. The number of alkyl carbamates (subject to hydrolysis) is 1. The zero-order chi connectivity index (χ0) is 36.7. The van der Waals surface area contributed by atoms with Gasteiger partial charge in [-0.05, 0) is 110 Å². The molecule has 4 aliphatic rings. The summed E-state index contributed by atoms with van der Waals surface area (Å²) in [6, 6.07) is 1.38. The van der Waals surface area contributed by atoms with Crippen molar-refractivity contribution in [3.8, 4) is 0 Å². The summed E-state index contributed by atoms with van der Waals surface area (Å²) in [5.74, 6) is 3.94. The Morgan fingerprint density at radius 2 is 1.18 bits per heavy atom. The number of hydrogen-bond donors (Lipinski definition) is 2. The Balaban J connectivity index is 0.000000293. The van der Waals surface area contributed by atoms with E-state index in [9.17, 15) is 9.59 Å². The van der Waals surface area contributed by atoms with Crippen LogP contribution in [0.1, 0.15) is 80.1 Å². The van der Waals surface area contributed by atoms with Gasteiger partial charge in [0.15, 0.2) is 0 Å². The number of hydrogen-bond acceptors (Lipinski definition) is 11. The van der Waals surface area contributed by atoms with Crippen LogP contribution in [-0.2, 0) is 36.1 Å². The van der Waals surface area contributed by atoms with Gasteiger partial charge in [0.1, 0.15) is 0 Å². The number of aliphatic imine (C=N–C) groups is 1. The summed E-state index contributed by atoms with van der Waals surface area (Å²) in [6.07, 6.45) is 16.7. The summed E-state index contributed by atoms with van der Waals surface area (Å²) in [5.41, 5.74) is 0. The molecule has 0 heterocycles. The molecule has 14 heteroatoms. The molecule has 2 saturated carbocycles.